The van der Waals surface area contributed by atoms with Crippen molar-refractivity contribution in [2.75, 3.05) is 0 Å². The summed E-state index contributed by atoms with van der Waals surface area (Å²) in [4.78, 5) is 19.0. The first-order valence-electron chi connectivity index (χ1n) is 8.53. The number of hydrogen-bond acceptors (Lipinski definition) is 3. The Morgan fingerprint density at radius 3 is 2.38 bits per heavy atom. The van der Waals surface area contributed by atoms with E-state index in [1.54, 1.807) is 0 Å². The number of aromatic nitrogens is 2. The lowest BCUT2D eigenvalue weighted by Gasteiger charge is -2.13. The van der Waals surface area contributed by atoms with E-state index < -0.39 is 0 Å². The topological polar surface area (TPSA) is 46.4 Å². The van der Waals surface area contributed by atoms with E-state index in [2.05, 4.69) is 10.3 Å². The van der Waals surface area contributed by atoms with E-state index in [4.69, 9.17) is 0 Å². The van der Waals surface area contributed by atoms with Crippen molar-refractivity contribution in [1.29, 1.82) is 0 Å². The molecule has 4 aromatic rings. The van der Waals surface area contributed by atoms with Gasteiger partial charge in [0.05, 0.1) is 11.7 Å². The zero-order valence-electron chi connectivity index (χ0n) is 14.6. The minimum Gasteiger partial charge on any atom is -0.345 e. The molecule has 0 spiro atoms. The van der Waals surface area contributed by atoms with Crippen LogP contribution in [0.25, 0.3) is 16.2 Å². The van der Waals surface area contributed by atoms with E-state index >= 15 is 0 Å². The second-order valence-electron chi connectivity index (χ2n) is 6.27. The summed E-state index contributed by atoms with van der Waals surface area (Å²) < 4.78 is 2.00. The average molecular weight is 361 g/mol. The Balaban J connectivity index is 1.60. The van der Waals surface area contributed by atoms with E-state index in [1.165, 1.54) is 11.3 Å². The van der Waals surface area contributed by atoms with Crippen LogP contribution in [-0.4, -0.2) is 15.3 Å². The molecule has 0 saturated heterocycles. The highest BCUT2D eigenvalue weighted by atomic mass is 32.1. The Morgan fingerprint density at radius 2 is 1.73 bits per heavy atom. The molecule has 1 atom stereocenters. The third-order valence-electron chi connectivity index (χ3n) is 4.48. The van der Waals surface area contributed by atoms with Crippen LogP contribution in [-0.2, 0) is 0 Å². The first-order valence-corrected chi connectivity index (χ1v) is 9.35. The van der Waals surface area contributed by atoms with Gasteiger partial charge in [0, 0.05) is 17.5 Å². The highest BCUT2D eigenvalue weighted by Gasteiger charge is 2.19. The lowest BCUT2D eigenvalue weighted by Crippen LogP contribution is -2.26. The molecule has 0 aliphatic rings. The molecule has 2 aromatic heterocycles. The number of carbonyl (C=O) groups is 1. The second-order valence-corrected chi connectivity index (χ2v) is 7.24. The summed E-state index contributed by atoms with van der Waals surface area (Å²) in [6.07, 6.45) is 1.99. The minimum absolute atomic E-state index is 0.0441. The monoisotopic (exact) mass is 361 g/mol. The van der Waals surface area contributed by atoms with E-state index in [0.29, 0.717) is 4.88 Å². The lowest BCUT2D eigenvalue weighted by molar-refractivity contribution is 0.0943. The molecule has 2 aromatic carbocycles. The second kappa shape index (κ2) is 6.77. The van der Waals surface area contributed by atoms with Crippen LogP contribution in [0.3, 0.4) is 0 Å². The van der Waals surface area contributed by atoms with Gasteiger partial charge >= 0.3 is 0 Å². The van der Waals surface area contributed by atoms with Crippen LogP contribution >= 0.6 is 11.3 Å². The summed E-state index contributed by atoms with van der Waals surface area (Å²) >= 11 is 1.42. The number of nitrogens with zero attached hydrogens (tertiary/aromatic N) is 2. The van der Waals surface area contributed by atoms with E-state index in [1.807, 2.05) is 85.1 Å². The minimum atomic E-state index is -0.0596. The van der Waals surface area contributed by atoms with Gasteiger partial charge in [-0.05, 0) is 19.4 Å². The van der Waals surface area contributed by atoms with E-state index in [9.17, 15) is 4.79 Å². The summed E-state index contributed by atoms with van der Waals surface area (Å²) in [5.41, 5.74) is 4.00. The number of benzene rings is 2. The number of hydrogen-bond donors (Lipinski definition) is 1. The molecule has 130 valence electrons. The van der Waals surface area contributed by atoms with Crippen LogP contribution in [0.2, 0.25) is 0 Å². The molecule has 0 aliphatic carbocycles. The number of thiazole rings is 1. The van der Waals surface area contributed by atoms with Gasteiger partial charge in [-0.3, -0.25) is 9.20 Å². The SMILES string of the molecule is Cc1c(C(=O)NC(C)c2ccccc2)sc2nc(-c3ccccc3)cn12. The van der Waals surface area contributed by atoms with Crippen LogP contribution < -0.4 is 5.32 Å². The van der Waals surface area contributed by atoms with Crippen LogP contribution in [0.4, 0.5) is 0 Å². The van der Waals surface area contributed by atoms with Crippen LogP contribution in [0, 0.1) is 6.92 Å². The maximum Gasteiger partial charge on any atom is 0.263 e. The van der Waals surface area contributed by atoms with Crippen molar-refractivity contribution >= 4 is 22.2 Å². The van der Waals surface area contributed by atoms with Crippen LogP contribution in [0.1, 0.15) is 33.9 Å². The Hall–Kier alpha value is -2.92. The van der Waals surface area contributed by atoms with Crippen molar-refractivity contribution in [3.8, 4) is 11.3 Å². The summed E-state index contributed by atoms with van der Waals surface area (Å²) in [5.74, 6) is -0.0596. The van der Waals surface area contributed by atoms with Gasteiger partial charge < -0.3 is 5.32 Å². The maximum absolute atomic E-state index is 12.7. The number of aryl methyl sites for hydroxylation is 1. The molecule has 1 amide bonds. The van der Waals surface area contributed by atoms with E-state index in [-0.39, 0.29) is 11.9 Å². The van der Waals surface area contributed by atoms with Gasteiger partial charge in [0.2, 0.25) is 0 Å². The quantitative estimate of drug-likeness (QED) is 0.564. The van der Waals surface area contributed by atoms with Crippen molar-refractivity contribution < 1.29 is 4.79 Å². The molecule has 0 radical (unpaired) electrons. The van der Waals surface area contributed by atoms with Gasteiger partial charge in [-0.15, -0.1) is 0 Å². The molecule has 26 heavy (non-hydrogen) atoms. The normalized spacial score (nSPS) is 12.2. The molecule has 5 heteroatoms. The smallest absolute Gasteiger partial charge is 0.263 e. The van der Waals surface area contributed by atoms with Crippen molar-refractivity contribution in [3.63, 3.8) is 0 Å². The molecule has 0 fully saturated rings. The molecule has 0 saturated carbocycles. The molecule has 4 nitrogen and oxygen atoms in total. The van der Waals surface area contributed by atoms with Crippen molar-refractivity contribution in [2.24, 2.45) is 0 Å². The van der Waals surface area contributed by atoms with Gasteiger partial charge in [-0.2, -0.15) is 0 Å². The third kappa shape index (κ3) is 3.02. The van der Waals surface area contributed by atoms with E-state index in [0.717, 1.165) is 27.5 Å². The largest absolute Gasteiger partial charge is 0.345 e. The summed E-state index contributed by atoms with van der Waals surface area (Å²) in [7, 11) is 0. The number of nitrogens with one attached hydrogen (secondary N) is 1. The first-order chi connectivity index (χ1) is 12.6. The molecular formula is C21H19N3OS. The highest BCUT2D eigenvalue weighted by Crippen LogP contribution is 2.27. The average Bonchev–Trinajstić information content (AvgIpc) is 3.23. The Morgan fingerprint density at radius 1 is 1.08 bits per heavy atom. The molecule has 0 bridgehead atoms. The lowest BCUT2D eigenvalue weighted by atomic mass is 10.1. The zero-order valence-corrected chi connectivity index (χ0v) is 15.5. The fourth-order valence-electron chi connectivity index (χ4n) is 3.00. The van der Waals surface area contributed by atoms with Gasteiger partial charge in [-0.1, -0.05) is 72.0 Å². The molecule has 1 unspecified atom stereocenters. The summed E-state index contributed by atoms with van der Waals surface area (Å²) in [6, 6.07) is 20.0. The summed E-state index contributed by atoms with van der Waals surface area (Å²) in [6.45, 7) is 3.96. The van der Waals surface area contributed by atoms with Gasteiger partial charge in [0.1, 0.15) is 4.88 Å². The summed E-state index contributed by atoms with van der Waals surface area (Å²) in [5, 5.41) is 3.08. The number of fused-ring (bicyclic) bond motifs is 1. The van der Waals surface area contributed by atoms with Crippen molar-refractivity contribution in [2.45, 2.75) is 19.9 Å². The molecule has 2 heterocycles. The first kappa shape index (κ1) is 16.5. The van der Waals surface area contributed by atoms with Gasteiger partial charge in [-0.25, -0.2) is 4.98 Å². The standard InChI is InChI=1S/C21H19N3OS/c1-14(16-9-5-3-6-10-16)22-20(25)19-15(2)24-13-18(23-21(24)26-19)17-11-7-4-8-12-17/h3-14H,1-2H3,(H,22,25). The number of carbonyl (C=O) groups excluding carboxylic acids is 1. The maximum atomic E-state index is 12.7. The molecule has 0 aliphatic heterocycles. The fourth-order valence-corrected chi connectivity index (χ4v) is 4.01. The Kier molecular flexibility index (Phi) is 4.31. The third-order valence-corrected chi connectivity index (χ3v) is 5.64. The van der Waals surface area contributed by atoms with Gasteiger partial charge in [0.15, 0.2) is 4.96 Å². The highest BCUT2D eigenvalue weighted by molar-refractivity contribution is 7.19. The van der Waals surface area contributed by atoms with Gasteiger partial charge in [0.25, 0.3) is 5.91 Å². The molecule has 4 rings (SSSR count). The fraction of sp³-hybridized carbons (Fsp3) is 0.143. The number of amides is 1. The predicted octanol–water partition coefficient (Wildman–Crippen LogP) is 4.86. The predicted molar refractivity (Wildman–Crippen MR) is 106 cm³/mol. The van der Waals surface area contributed by atoms with Crippen LogP contribution in [0.5, 0.6) is 0 Å². The zero-order chi connectivity index (χ0) is 18.1. The molecule has 1 N–H and O–H groups in total. The number of imidazole rings is 1. The molecular weight excluding hydrogens is 342 g/mol. The Labute approximate surface area is 156 Å². The van der Waals surface area contributed by atoms with Crippen molar-refractivity contribution in [3.05, 3.63) is 83.0 Å². The van der Waals surface area contributed by atoms with Crippen LogP contribution in [0.15, 0.2) is 66.9 Å². The number of rotatable bonds is 4. The van der Waals surface area contributed by atoms with Crippen molar-refractivity contribution in [1.82, 2.24) is 14.7 Å². The Bertz CT molecular complexity index is 1050.